The fraction of sp³-hybridized carbons (Fsp3) is 0.350. The Morgan fingerprint density at radius 1 is 1.26 bits per heavy atom. The zero-order valence-electron chi connectivity index (χ0n) is 15.4. The van der Waals surface area contributed by atoms with Crippen molar-refractivity contribution < 1.29 is 14.5 Å². The number of hydrogen-bond donors (Lipinski definition) is 1. The molecule has 2 aromatic carbocycles. The van der Waals surface area contributed by atoms with E-state index in [0.717, 1.165) is 5.69 Å². The molecule has 1 fully saturated rings. The van der Waals surface area contributed by atoms with Crippen LogP contribution in [0.5, 0.6) is 5.75 Å². The maximum Gasteiger partial charge on any atom is 0.325 e. The molecule has 27 heavy (non-hydrogen) atoms. The number of rotatable bonds is 3. The lowest BCUT2D eigenvalue weighted by Crippen LogP contribution is -2.65. The number of nitro benzene ring substituents is 1. The number of urea groups is 1. The number of nitrogens with zero attached hydrogens (tertiary/aromatic N) is 2. The lowest BCUT2D eigenvalue weighted by Gasteiger charge is -2.50. The molecule has 2 aromatic rings. The van der Waals surface area contributed by atoms with Crippen molar-refractivity contribution >= 4 is 17.4 Å². The van der Waals surface area contributed by atoms with Crippen molar-refractivity contribution in [2.45, 2.75) is 44.9 Å². The Morgan fingerprint density at radius 3 is 2.59 bits per heavy atom. The molecule has 140 valence electrons. The number of anilines is 1. The molecule has 1 N–H and O–H groups in total. The summed E-state index contributed by atoms with van der Waals surface area (Å²) in [5, 5.41) is 14.0. The van der Waals surface area contributed by atoms with Gasteiger partial charge in [0.25, 0.3) is 5.69 Å². The Hall–Kier alpha value is -3.09. The molecule has 2 amide bonds. The molecule has 0 aromatic heterocycles. The second-order valence-electron chi connectivity index (χ2n) is 7.54. The van der Waals surface area contributed by atoms with Crippen LogP contribution < -0.4 is 15.0 Å². The monoisotopic (exact) mass is 367 g/mol. The van der Waals surface area contributed by atoms with Gasteiger partial charge < -0.3 is 10.1 Å². The summed E-state index contributed by atoms with van der Waals surface area (Å²) < 4.78 is 6.18. The van der Waals surface area contributed by atoms with Gasteiger partial charge in [-0.1, -0.05) is 26.0 Å². The number of fused-ring (bicyclic) bond motifs is 4. The number of carbonyl (C=O) groups excluding carboxylic acids is 1. The van der Waals surface area contributed by atoms with Crippen LogP contribution in [0.15, 0.2) is 42.5 Å². The van der Waals surface area contributed by atoms with Gasteiger partial charge in [0.15, 0.2) is 5.72 Å². The predicted molar refractivity (Wildman–Crippen MR) is 101 cm³/mol. The van der Waals surface area contributed by atoms with Crippen molar-refractivity contribution in [3.63, 3.8) is 0 Å². The van der Waals surface area contributed by atoms with Crippen LogP contribution in [-0.4, -0.2) is 16.7 Å². The first-order valence-corrected chi connectivity index (χ1v) is 8.96. The maximum atomic E-state index is 12.9. The minimum Gasteiger partial charge on any atom is -0.467 e. The van der Waals surface area contributed by atoms with Gasteiger partial charge in [0.2, 0.25) is 0 Å². The van der Waals surface area contributed by atoms with Crippen LogP contribution in [-0.2, 0) is 0 Å². The first-order valence-electron chi connectivity index (χ1n) is 8.96. The molecule has 2 bridgehead atoms. The van der Waals surface area contributed by atoms with Crippen LogP contribution in [0.25, 0.3) is 0 Å². The average molecular weight is 367 g/mol. The van der Waals surface area contributed by atoms with Gasteiger partial charge in [0.1, 0.15) is 5.75 Å². The molecular formula is C20H21N3O4. The smallest absolute Gasteiger partial charge is 0.325 e. The van der Waals surface area contributed by atoms with E-state index in [-0.39, 0.29) is 17.8 Å². The number of non-ortho nitro benzene ring substituents is 1. The molecule has 2 atom stereocenters. The summed E-state index contributed by atoms with van der Waals surface area (Å²) in [5.74, 6) is 0.964. The van der Waals surface area contributed by atoms with Gasteiger partial charge in [-0.15, -0.1) is 0 Å². The number of benzene rings is 2. The van der Waals surface area contributed by atoms with Gasteiger partial charge in [-0.3, -0.25) is 15.0 Å². The van der Waals surface area contributed by atoms with Gasteiger partial charge in [-0.2, -0.15) is 0 Å². The summed E-state index contributed by atoms with van der Waals surface area (Å²) in [6.45, 7) is 6.11. The highest BCUT2D eigenvalue weighted by Crippen LogP contribution is 2.46. The van der Waals surface area contributed by atoms with Gasteiger partial charge in [-0.25, -0.2) is 4.79 Å². The third-order valence-electron chi connectivity index (χ3n) is 5.28. The highest BCUT2D eigenvalue weighted by molar-refractivity contribution is 5.95. The minimum atomic E-state index is -0.866. The first kappa shape index (κ1) is 17.3. The van der Waals surface area contributed by atoms with Crippen LogP contribution in [0, 0.1) is 10.1 Å². The summed E-state index contributed by atoms with van der Waals surface area (Å²) >= 11 is 0. The molecule has 2 aliphatic heterocycles. The van der Waals surface area contributed by atoms with Crippen LogP contribution in [0.4, 0.5) is 16.2 Å². The van der Waals surface area contributed by atoms with Crippen molar-refractivity contribution in [3.8, 4) is 5.75 Å². The first-order chi connectivity index (χ1) is 12.8. The van der Waals surface area contributed by atoms with Crippen molar-refractivity contribution in [2.75, 3.05) is 4.90 Å². The van der Waals surface area contributed by atoms with Gasteiger partial charge in [0, 0.05) is 29.8 Å². The van der Waals surface area contributed by atoms with Crippen LogP contribution >= 0.6 is 0 Å². The Kier molecular flexibility index (Phi) is 3.83. The van der Waals surface area contributed by atoms with Gasteiger partial charge >= 0.3 is 6.03 Å². The zero-order chi connectivity index (χ0) is 19.3. The zero-order valence-corrected chi connectivity index (χ0v) is 15.4. The fourth-order valence-electron chi connectivity index (χ4n) is 3.87. The van der Waals surface area contributed by atoms with E-state index in [1.54, 1.807) is 11.0 Å². The lowest BCUT2D eigenvalue weighted by atomic mass is 9.89. The van der Waals surface area contributed by atoms with E-state index in [2.05, 4.69) is 19.2 Å². The van der Waals surface area contributed by atoms with Gasteiger partial charge in [0.05, 0.1) is 11.0 Å². The summed E-state index contributed by atoms with van der Waals surface area (Å²) in [7, 11) is 0. The summed E-state index contributed by atoms with van der Waals surface area (Å²) in [5.41, 5.74) is 1.71. The highest BCUT2D eigenvalue weighted by Gasteiger charge is 2.50. The number of amides is 2. The Balaban J connectivity index is 1.72. The molecule has 0 radical (unpaired) electrons. The van der Waals surface area contributed by atoms with Crippen molar-refractivity contribution in [2.24, 2.45) is 0 Å². The number of carbonyl (C=O) groups is 1. The SMILES string of the molecule is CC(C)c1ccc(N2C(=O)N[C@@H]3C[C@]2(C)Oc2ccc([N+](=O)[O-])cc23)cc1. The Bertz CT molecular complexity index is 925. The molecule has 0 aliphatic carbocycles. The van der Waals surface area contributed by atoms with Crippen LogP contribution in [0.2, 0.25) is 0 Å². The molecule has 7 nitrogen and oxygen atoms in total. The molecule has 7 heteroatoms. The molecule has 2 heterocycles. The van der Waals surface area contributed by atoms with Crippen molar-refractivity contribution in [3.05, 3.63) is 63.7 Å². The third-order valence-corrected chi connectivity index (χ3v) is 5.28. The second-order valence-corrected chi connectivity index (χ2v) is 7.54. The largest absolute Gasteiger partial charge is 0.467 e. The average Bonchev–Trinajstić information content (AvgIpc) is 2.61. The molecule has 0 saturated carbocycles. The number of hydrogen-bond acceptors (Lipinski definition) is 4. The third kappa shape index (κ3) is 2.79. The number of ether oxygens (including phenoxy) is 1. The molecular weight excluding hydrogens is 346 g/mol. The normalized spacial score (nSPS) is 23.5. The minimum absolute atomic E-state index is 0.0121. The Labute approximate surface area is 157 Å². The lowest BCUT2D eigenvalue weighted by molar-refractivity contribution is -0.385. The van der Waals surface area contributed by atoms with Crippen molar-refractivity contribution in [1.29, 1.82) is 0 Å². The van der Waals surface area contributed by atoms with E-state index in [1.165, 1.54) is 17.7 Å². The molecule has 2 aliphatic rings. The predicted octanol–water partition coefficient (Wildman–Crippen LogP) is 4.49. The Morgan fingerprint density at radius 2 is 1.96 bits per heavy atom. The molecule has 1 saturated heterocycles. The van der Waals surface area contributed by atoms with E-state index >= 15 is 0 Å². The van der Waals surface area contributed by atoms with E-state index in [9.17, 15) is 14.9 Å². The summed E-state index contributed by atoms with van der Waals surface area (Å²) in [4.78, 5) is 25.1. The standard InChI is InChI=1S/C20H21N3O4/c1-12(2)13-4-6-14(7-5-13)22-19(24)21-17-11-20(22,3)27-18-9-8-15(23(25)26)10-16(17)18/h4-10,12,17H,11H2,1-3H3,(H,21,24)/t17-,20+/m1/s1. The van der Waals surface area contributed by atoms with E-state index in [4.69, 9.17) is 4.74 Å². The van der Waals surface area contributed by atoms with Crippen LogP contribution in [0.3, 0.4) is 0 Å². The number of nitro groups is 1. The topological polar surface area (TPSA) is 84.7 Å². The molecule has 0 unspecified atom stereocenters. The quantitative estimate of drug-likeness (QED) is 0.640. The van der Waals surface area contributed by atoms with Crippen molar-refractivity contribution in [1.82, 2.24) is 5.32 Å². The maximum absolute atomic E-state index is 12.9. The van der Waals surface area contributed by atoms with Crippen LogP contribution in [0.1, 0.15) is 50.3 Å². The number of nitrogens with one attached hydrogen (secondary N) is 1. The van der Waals surface area contributed by atoms with Gasteiger partial charge in [-0.05, 0) is 36.6 Å². The second kappa shape index (κ2) is 5.97. The van der Waals surface area contributed by atoms with E-state index < -0.39 is 10.6 Å². The van der Waals surface area contributed by atoms with E-state index in [1.807, 2.05) is 31.2 Å². The molecule has 4 rings (SSSR count). The fourth-order valence-corrected chi connectivity index (χ4v) is 3.87. The van der Waals surface area contributed by atoms with E-state index in [0.29, 0.717) is 23.7 Å². The highest BCUT2D eigenvalue weighted by atomic mass is 16.6. The molecule has 0 spiro atoms. The summed E-state index contributed by atoms with van der Waals surface area (Å²) in [6.07, 6.45) is 0.499. The summed E-state index contributed by atoms with van der Waals surface area (Å²) in [6, 6.07) is 11.8.